The molecule has 12 nitrogen and oxygen atoms in total. The average Bonchev–Trinajstić information content (AvgIpc) is 3.13. The van der Waals surface area contributed by atoms with Crippen molar-refractivity contribution in [1.82, 2.24) is 41.2 Å². The third-order valence-corrected chi connectivity index (χ3v) is 6.27. The molecule has 3 fully saturated rings. The highest BCUT2D eigenvalue weighted by atomic mass is 16.2. The Labute approximate surface area is 193 Å². The maximum absolute atomic E-state index is 13.0. The SMILES string of the molecule is CC(=O)NCC1C[C@]2(NC(=O)Cn3cc(C)nn3)C[C@@H](CNC(C)=O)N1[C@@H](CNC(C)=O)C2. The second-order valence-electron chi connectivity index (χ2n) is 9.22. The van der Waals surface area contributed by atoms with Gasteiger partial charge in [-0.1, -0.05) is 5.21 Å². The van der Waals surface area contributed by atoms with Crippen molar-refractivity contribution >= 4 is 23.6 Å². The van der Waals surface area contributed by atoms with Crippen molar-refractivity contribution in [3.05, 3.63) is 11.9 Å². The minimum atomic E-state index is -0.531. The highest BCUT2D eigenvalue weighted by molar-refractivity contribution is 5.77. The van der Waals surface area contributed by atoms with Gasteiger partial charge in [-0.15, -0.1) is 5.10 Å². The number of hydrogen-bond donors (Lipinski definition) is 4. The van der Waals surface area contributed by atoms with Crippen LogP contribution in [0.1, 0.15) is 45.7 Å². The number of fused-ring (bicyclic) bond motifs is 3. The molecule has 4 rings (SSSR count). The number of hydrogen-bond acceptors (Lipinski definition) is 7. The molecule has 4 heterocycles. The van der Waals surface area contributed by atoms with Gasteiger partial charge in [-0.05, 0) is 26.2 Å². The number of carbonyl (C=O) groups is 4. The molecule has 2 unspecified atom stereocenters. The molecule has 3 aliphatic rings. The molecule has 0 aliphatic carbocycles. The molecule has 5 atom stereocenters. The number of piperidine rings is 3. The summed E-state index contributed by atoms with van der Waals surface area (Å²) in [5.74, 6) is -0.567. The third-order valence-electron chi connectivity index (χ3n) is 6.27. The smallest absolute Gasteiger partial charge is 0.242 e. The lowest BCUT2D eigenvalue weighted by atomic mass is 9.69. The Bertz CT molecular complexity index is 831. The molecule has 0 radical (unpaired) electrons. The summed E-state index contributed by atoms with van der Waals surface area (Å²) in [7, 11) is 0. The van der Waals surface area contributed by atoms with Crippen molar-refractivity contribution in [2.24, 2.45) is 0 Å². The fourth-order valence-corrected chi connectivity index (χ4v) is 5.24. The van der Waals surface area contributed by atoms with E-state index in [9.17, 15) is 19.2 Å². The number of rotatable bonds is 9. The van der Waals surface area contributed by atoms with E-state index in [1.807, 2.05) is 6.92 Å². The first kappa shape index (κ1) is 24.6. The van der Waals surface area contributed by atoms with Crippen LogP contribution in [0, 0.1) is 6.92 Å². The first-order chi connectivity index (χ1) is 15.6. The second kappa shape index (κ2) is 10.3. The van der Waals surface area contributed by atoms with Crippen molar-refractivity contribution < 1.29 is 19.2 Å². The predicted octanol–water partition coefficient (Wildman–Crippen LogP) is -1.54. The Morgan fingerprint density at radius 1 is 0.909 bits per heavy atom. The molecule has 0 spiro atoms. The maximum atomic E-state index is 13.0. The lowest BCUT2D eigenvalue weighted by Crippen LogP contribution is -2.75. The van der Waals surface area contributed by atoms with Crippen LogP contribution in [0.4, 0.5) is 0 Å². The van der Waals surface area contributed by atoms with Crippen LogP contribution in [-0.4, -0.2) is 86.8 Å². The molecule has 1 aromatic heterocycles. The fraction of sp³-hybridized carbons (Fsp3) is 0.714. The van der Waals surface area contributed by atoms with Gasteiger partial charge in [0.05, 0.1) is 5.69 Å². The summed E-state index contributed by atoms with van der Waals surface area (Å²) < 4.78 is 1.50. The van der Waals surface area contributed by atoms with Crippen LogP contribution in [0.25, 0.3) is 0 Å². The number of aryl methyl sites for hydroxylation is 1. The van der Waals surface area contributed by atoms with Crippen LogP contribution < -0.4 is 21.3 Å². The van der Waals surface area contributed by atoms with Gasteiger partial charge >= 0.3 is 0 Å². The molecular weight excluding hydrogens is 428 g/mol. The second-order valence-corrected chi connectivity index (χ2v) is 9.22. The van der Waals surface area contributed by atoms with Gasteiger partial charge in [-0.25, -0.2) is 4.68 Å². The first-order valence-corrected chi connectivity index (χ1v) is 11.3. The Kier molecular flexibility index (Phi) is 7.67. The largest absolute Gasteiger partial charge is 0.355 e. The molecule has 3 saturated heterocycles. The minimum Gasteiger partial charge on any atom is -0.355 e. The van der Waals surface area contributed by atoms with E-state index in [0.29, 0.717) is 38.9 Å². The Morgan fingerprint density at radius 3 is 1.73 bits per heavy atom. The quantitative estimate of drug-likeness (QED) is 0.347. The molecule has 182 valence electrons. The molecule has 4 N–H and O–H groups in total. The van der Waals surface area contributed by atoms with Gasteiger partial charge < -0.3 is 21.3 Å². The van der Waals surface area contributed by atoms with Gasteiger partial charge in [-0.2, -0.15) is 0 Å². The van der Waals surface area contributed by atoms with Gasteiger partial charge in [-0.3, -0.25) is 24.1 Å². The highest BCUT2D eigenvalue weighted by Gasteiger charge is 2.54. The molecule has 0 saturated carbocycles. The third kappa shape index (κ3) is 6.50. The summed E-state index contributed by atoms with van der Waals surface area (Å²) >= 11 is 0. The van der Waals surface area contributed by atoms with Gasteiger partial charge in [0.2, 0.25) is 23.6 Å². The van der Waals surface area contributed by atoms with Crippen LogP contribution in [0.15, 0.2) is 6.20 Å². The van der Waals surface area contributed by atoms with E-state index in [4.69, 9.17) is 0 Å². The zero-order valence-corrected chi connectivity index (χ0v) is 19.7. The maximum Gasteiger partial charge on any atom is 0.242 e. The topological polar surface area (TPSA) is 150 Å². The van der Waals surface area contributed by atoms with E-state index in [-0.39, 0.29) is 48.3 Å². The zero-order chi connectivity index (χ0) is 24.2. The number of nitrogens with one attached hydrogen (secondary N) is 4. The number of carbonyl (C=O) groups excluding carboxylic acids is 4. The molecule has 2 bridgehead atoms. The minimum absolute atomic E-state index is 0.0510. The lowest BCUT2D eigenvalue weighted by molar-refractivity contribution is -0.133. The van der Waals surface area contributed by atoms with Gasteiger partial charge in [0.25, 0.3) is 0 Å². The van der Waals surface area contributed by atoms with E-state index in [1.165, 1.54) is 25.5 Å². The molecule has 33 heavy (non-hydrogen) atoms. The van der Waals surface area contributed by atoms with Crippen molar-refractivity contribution in [2.75, 3.05) is 19.6 Å². The average molecular weight is 463 g/mol. The zero-order valence-electron chi connectivity index (χ0n) is 19.7. The van der Waals surface area contributed by atoms with Gasteiger partial charge in [0.1, 0.15) is 6.54 Å². The fourth-order valence-electron chi connectivity index (χ4n) is 5.24. The normalized spacial score (nSPS) is 28.1. The van der Waals surface area contributed by atoms with E-state index in [0.717, 1.165) is 5.69 Å². The standard InChI is InChI=1S/C21H34N8O4/c1-13-11-28(27-26-13)12-20(33)25-21-5-17(8-22-14(2)30)29(18(6-21)9-23-15(3)31)19(7-21)10-24-16(4)32/h11,17-19H,5-10,12H2,1-4H3,(H,22,30)(H,23,31)(H,24,32)(H,25,33)/t17-,18+,19?,21-. The Hall–Kier alpha value is -3.02. The number of nitrogens with zero attached hydrogens (tertiary/aromatic N) is 4. The Morgan fingerprint density at radius 2 is 1.36 bits per heavy atom. The van der Waals surface area contributed by atoms with Crippen LogP contribution in [-0.2, 0) is 25.7 Å². The van der Waals surface area contributed by atoms with Crippen LogP contribution in [0.3, 0.4) is 0 Å². The number of aromatic nitrogens is 3. The molecule has 3 aliphatic heterocycles. The monoisotopic (exact) mass is 462 g/mol. The number of amides is 4. The highest BCUT2D eigenvalue weighted by Crippen LogP contribution is 2.43. The van der Waals surface area contributed by atoms with Gasteiger partial charge in [0, 0.05) is 70.3 Å². The molecule has 1 aromatic rings. The van der Waals surface area contributed by atoms with Crippen molar-refractivity contribution in [3.63, 3.8) is 0 Å². The van der Waals surface area contributed by atoms with Crippen LogP contribution >= 0.6 is 0 Å². The molecule has 4 amide bonds. The van der Waals surface area contributed by atoms with Gasteiger partial charge in [0.15, 0.2) is 0 Å². The van der Waals surface area contributed by atoms with E-state index in [2.05, 4.69) is 36.5 Å². The predicted molar refractivity (Wildman–Crippen MR) is 119 cm³/mol. The summed E-state index contributed by atoms with van der Waals surface area (Å²) in [5, 5.41) is 19.8. The molecule has 12 heteroatoms. The van der Waals surface area contributed by atoms with Crippen molar-refractivity contribution in [3.8, 4) is 0 Å². The lowest BCUT2D eigenvalue weighted by Gasteiger charge is -2.60. The van der Waals surface area contributed by atoms with E-state index >= 15 is 0 Å². The summed E-state index contributed by atoms with van der Waals surface area (Å²) in [6.07, 6.45) is 3.67. The molecular formula is C21H34N8O4. The first-order valence-electron chi connectivity index (χ1n) is 11.3. The molecule has 0 aromatic carbocycles. The summed E-state index contributed by atoms with van der Waals surface area (Å²) in [6.45, 7) is 7.53. The van der Waals surface area contributed by atoms with Crippen LogP contribution in [0.2, 0.25) is 0 Å². The summed E-state index contributed by atoms with van der Waals surface area (Å²) in [4.78, 5) is 50.1. The summed E-state index contributed by atoms with van der Waals surface area (Å²) in [5.41, 5.74) is 0.199. The van der Waals surface area contributed by atoms with E-state index in [1.54, 1.807) is 6.20 Å². The van der Waals surface area contributed by atoms with Crippen molar-refractivity contribution in [1.29, 1.82) is 0 Å². The van der Waals surface area contributed by atoms with Crippen molar-refractivity contribution in [2.45, 2.75) is 77.2 Å². The van der Waals surface area contributed by atoms with Crippen LogP contribution in [0.5, 0.6) is 0 Å². The Balaban J connectivity index is 1.84. The van der Waals surface area contributed by atoms with E-state index < -0.39 is 5.54 Å². The summed E-state index contributed by atoms with van der Waals surface area (Å²) in [6, 6.07) is -0.159.